The van der Waals surface area contributed by atoms with E-state index in [0.717, 1.165) is 5.56 Å². The molecule has 2 heterocycles. The number of fused-ring (bicyclic) bond motifs is 1. The zero-order valence-electron chi connectivity index (χ0n) is 13.0. The molecule has 0 aliphatic heterocycles. The summed E-state index contributed by atoms with van der Waals surface area (Å²) in [5.74, 6) is -0.295. The maximum Gasteiger partial charge on any atom is 0.267 e. The van der Waals surface area contributed by atoms with E-state index in [1.165, 1.54) is 10.9 Å². The van der Waals surface area contributed by atoms with Crippen LogP contribution in [-0.4, -0.2) is 20.6 Å². The van der Waals surface area contributed by atoms with Gasteiger partial charge in [0, 0.05) is 5.69 Å². The molecule has 0 fully saturated rings. The predicted octanol–water partition coefficient (Wildman–Crippen LogP) is 2.20. The van der Waals surface area contributed by atoms with Crippen LogP contribution in [0.1, 0.15) is 24.2 Å². The average Bonchev–Trinajstić information content (AvgIpc) is 2.91. The summed E-state index contributed by atoms with van der Waals surface area (Å²) >= 11 is 0. The lowest BCUT2D eigenvalue weighted by molar-refractivity contribution is -0.118. The zero-order chi connectivity index (χ0) is 16.6. The molecule has 0 saturated heterocycles. The molecule has 0 radical (unpaired) electrons. The Morgan fingerprint density at radius 1 is 1.30 bits per heavy atom. The van der Waals surface area contributed by atoms with Crippen molar-refractivity contribution < 1.29 is 9.32 Å². The molecule has 23 heavy (non-hydrogen) atoms. The topological polar surface area (TPSA) is 90.0 Å². The number of aromatic nitrogens is 3. The first-order chi connectivity index (χ1) is 11.0. The van der Waals surface area contributed by atoms with Crippen molar-refractivity contribution in [2.75, 3.05) is 5.32 Å². The van der Waals surface area contributed by atoms with Crippen LogP contribution in [0, 0.1) is 13.8 Å². The molecule has 0 aliphatic rings. The lowest BCUT2D eigenvalue weighted by Crippen LogP contribution is -2.32. The minimum atomic E-state index is -0.715. The number of para-hydroxylation sites is 1. The number of nitrogens with one attached hydrogen (secondary N) is 1. The van der Waals surface area contributed by atoms with Crippen LogP contribution in [0.5, 0.6) is 0 Å². The standard InChI is InChI=1S/C16H16N4O3/c1-9-6-4-5-7-12(9)18-14(21)11(3)20-8-17-15-13(16(20)22)10(2)19-23-15/h4-8,11H,1-3H3,(H,18,21)/t11-/m0/s1. The maximum absolute atomic E-state index is 12.5. The Bertz CT molecular complexity index is 942. The molecule has 1 atom stereocenters. The number of anilines is 1. The third-order valence-electron chi connectivity index (χ3n) is 3.79. The minimum Gasteiger partial charge on any atom is -0.335 e. The maximum atomic E-state index is 12.5. The molecule has 1 N–H and O–H groups in total. The van der Waals surface area contributed by atoms with Gasteiger partial charge in [0.2, 0.25) is 5.91 Å². The number of hydrogen-bond acceptors (Lipinski definition) is 5. The van der Waals surface area contributed by atoms with Gasteiger partial charge in [-0.3, -0.25) is 14.2 Å². The Morgan fingerprint density at radius 2 is 2.04 bits per heavy atom. The number of aryl methyl sites for hydroxylation is 2. The summed E-state index contributed by atoms with van der Waals surface area (Å²) in [6.07, 6.45) is 1.30. The minimum absolute atomic E-state index is 0.176. The van der Waals surface area contributed by atoms with Crippen molar-refractivity contribution in [3.05, 3.63) is 52.2 Å². The Morgan fingerprint density at radius 3 is 2.78 bits per heavy atom. The lowest BCUT2D eigenvalue weighted by atomic mass is 10.2. The number of amides is 1. The van der Waals surface area contributed by atoms with E-state index in [4.69, 9.17) is 4.52 Å². The molecular formula is C16H16N4O3. The van der Waals surface area contributed by atoms with Crippen molar-refractivity contribution in [3.8, 4) is 0 Å². The van der Waals surface area contributed by atoms with E-state index in [-0.39, 0.29) is 17.2 Å². The lowest BCUT2D eigenvalue weighted by Gasteiger charge is -2.15. The quantitative estimate of drug-likeness (QED) is 0.800. The number of rotatable bonds is 3. The van der Waals surface area contributed by atoms with Crippen LogP contribution in [0.25, 0.3) is 11.1 Å². The third kappa shape index (κ3) is 2.61. The molecule has 118 valence electrons. The van der Waals surface area contributed by atoms with Gasteiger partial charge in [-0.05, 0) is 32.4 Å². The second kappa shape index (κ2) is 5.68. The summed E-state index contributed by atoms with van der Waals surface area (Å²) in [7, 11) is 0. The fourth-order valence-electron chi connectivity index (χ4n) is 2.34. The van der Waals surface area contributed by atoms with Crippen molar-refractivity contribution in [2.24, 2.45) is 0 Å². The van der Waals surface area contributed by atoms with Gasteiger partial charge in [0.1, 0.15) is 17.8 Å². The summed E-state index contributed by atoms with van der Waals surface area (Å²) in [6.45, 7) is 5.21. The van der Waals surface area contributed by atoms with Gasteiger partial charge in [0.05, 0.1) is 5.69 Å². The molecule has 0 bridgehead atoms. The molecule has 1 amide bonds. The van der Waals surface area contributed by atoms with Crippen LogP contribution in [-0.2, 0) is 4.79 Å². The summed E-state index contributed by atoms with van der Waals surface area (Å²) in [4.78, 5) is 29.0. The highest BCUT2D eigenvalue weighted by Gasteiger charge is 2.20. The Balaban J connectivity index is 1.94. The summed E-state index contributed by atoms with van der Waals surface area (Å²) in [6, 6.07) is 6.74. The number of benzene rings is 1. The summed E-state index contributed by atoms with van der Waals surface area (Å²) in [5, 5.41) is 6.85. The molecule has 3 aromatic rings. The molecule has 0 unspecified atom stereocenters. The van der Waals surface area contributed by atoms with Crippen LogP contribution < -0.4 is 10.9 Å². The van der Waals surface area contributed by atoms with E-state index in [1.807, 2.05) is 31.2 Å². The normalized spacial score (nSPS) is 12.3. The highest BCUT2D eigenvalue weighted by molar-refractivity contribution is 5.94. The summed E-state index contributed by atoms with van der Waals surface area (Å²) in [5.41, 5.74) is 1.95. The van der Waals surface area contributed by atoms with Crippen molar-refractivity contribution in [3.63, 3.8) is 0 Å². The molecule has 7 heteroatoms. The second-order valence-corrected chi connectivity index (χ2v) is 5.39. The van der Waals surface area contributed by atoms with Gasteiger partial charge in [0.15, 0.2) is 0 Å². The van der Waals surface area contributed by atoms with Gasteiger partial charge in [-0.1, -0.05) is 23.4 Å². The van der Waals surface area contributed by atoms with Crippen molar-refractivity contribution >= 4 is 22.7 Å². The summed E-state index contributed by atoms with van der Waals surface area (Å²) < 4.78 is 6.24. The molecule has 3 rings (SSSR count). The highest BCUT2D eigenvalue weighted by Crippen LogP contribution is 2.16. The Labute approximate surface area is 131 Å². The first-order valence-electron chi connectivity index (χ1n) is 7.18. The van der Waals surface area contributed by atoms with Gasteiger partial charge >= 0.3 is 0 Å². The number of nitrogens with zero attached hydrogens (tertiary/aromatic N) is 3. The SMILES string of the molecule is Cc1ccccc1NC(=O)[C@H](C)n1cnc2onc(C)c2c1=O. The monoisotopic (exact) mass is 312 g/mol. The first kappa shape index (κ1) is 15.0. The highest BCUT2D eigenvalue weighted by atomic mass is 16.5. The van der Waals surface area contributed by atoms with Crippen LogP contribution in [0.2, 0.25) is 0 Å². The van der Waals surface area contributed by atoms with E-state index in [9.17, 15) is 9.59 Å². The largest absolute Gasteiger partial charge is 0.335 e. The fraction of sp³-hybridized carbons (Fsp3) is 0.250. The Kier molecular flexibility index (Phi) is 3.69. The van der Waals surface area contributed by atoms with Crippen LogP contribution in [0.15, 0.2) is 39.9 Å². The number of hydrogen-bond donors (Lipinski definition) is 1. The van der Waals surface area contributed by atoms with Crippen LogP contribution in [0.4, 0.5) is 5.69 Å². The molecule has 0 saturated carbocycles. The first-order valence-corrected chi connectivity index (χ1v) is 7.18. The van der Waals surface area contributed by atoms with Crippen molar-refractivity contribution in [1.29, 1.82) is 0 Å². The van der Waals surface area contributed by atoms with E-state index in [1.54, 1.807) is 13.8 Å². The molecule has 0 aliphatic carbocycles. The number of carbonyl (C=O) groups is 1. The van der Waals surface area contributed by atoms with Gasteiger partial charge in [-0.2, -0.15) is 0 Å². The van der Waals surface area contributed by atoms with Crippen LogP contribution in [0.3, 0.4) is 0 Å². The Hall–Kier alpha value is -2.96. The van der Waals surface area contributed by atoms with E-state index < -0.39 is 6.04 Å². The van der Waals surface area contributed by atoms with Gasteiger partial charge in [-0.15, -0.1) is 0 Å². The van der Waals surface area contributed by atoms with E-state index in [2.05, 4.69) is 15.5 Å². The predicted molar refractivity (Wildman–Crippen MR) is 85.3 cm³/mol. The second-order valence-electron chi connectivity index (χ2n) is 5.39. The molecule has 7 nitrogen and oxygen atoms in total. The van der Waals surface area contributed by atoms with Crippen molar-refractivity contribution in [1.82, 2.24) is 14.7 Å². The molecule has 1 aromatic carbocycles. The smallest absolute Gasteiger partial charge is 0.267 e. The average molecular weight is 312 g/mol. The number of carbonyl (C=O) groups excluding carboxylic acids is 1. The zero-order valence-corrected chi connectivity index (χ0v) is 13.0. The van der Waals surface area contributed by atoms with Gasteiger partial charge in [0.25, 0.3) is 11.3 Å². The van der Waals surface area contributed by atoms with Crippen molar-refractivity contribution in [2.45, 2.75) is 26.8 Å². The van der Waals surface area contributed by atoms with Gasteiger partial charge < -0.3 is 9.84 Å². The van der Waals surface area contributed by atoms with E-state index in [0.29, 0.717) is 16.8 Å². The molecular weight excluding hydrogens is 296 g/mol. The van der Waals surface area contributed by atoms with E-state index >= 15 is 0 Å². The third-order valence-corrected chi connectivity index (χ3v) is 3.79. The van der Waals surface area contributed by atoms with Gasteiger partial charge in [-0.25, -0.2) is 4.98 Å². The van der Waals surface area contributed by atoms with Crippen LogP contribution >= 0.6 is 0 Å². The molecule has 2 aromatic heterocycles. The fourth-order valence-corrected chi connectivity index (χ4v) is 2.34. The molecule has 0 spiro atoms.